The van der Waals surface area contributed by atoms with Gasteiger partial charge in [-0.15, -0.1) is 0 Å². The quantitative estimate of drug-likeness (QED) is 0.781. The van der Waals surface area contributed by atoms with Crippen LogP contribution in [0.1, 0.15) is 11.4 Å². The summed E-state index contributed by atoms with van der Waals surface area (Å²) in [4.78, 5) is 10.3. The Morgan fingerprint density at radius 3 is 2.80 bits per heavy atom. The van der Waals surface area contributed by atoms with Crippen molar-refractivity contribution in [2.75, 3.05) is 32.5 Å². The fraction of sp³-hybridized carbons (Fsp3) is 0.500. The fourth-order valence-corrected chi connectivity index (χ4v) is 1.10. The van der Waals surface area contributed by atoms with Gasteiger partial charge >= 0.3 is 0 Å². The van der Waals surface area contributed by atoms with Crippen LogP contribution in [-0.2, 0) is 0 Å². The number of hydrogen-bond donors (Lipinski definition) is 1. The van der Waals surface area contributed by atoms with Crippen LogP contribution in [0.15, 0.2) is 6.07 Å². The number of nitriles is 1. The Hall–Kier alpha value is -1.67. The van der Waals surface area contributed by atoms with Crippen molar-refractivity contribution in [3.63, 3.8) is 0 Å². The highest BCUT2D eigenvalue weighted by atomic mass is 15.1. The maximum Gasteiger partial charge on any atom is 0.224 e. The molecule has 0 aromatic carbocycles. The van der Waals surface area contributed by atoms with Crippen molar-refractivity contribution in [2.45, 2.75) is 6.92 Å². The first-order valence-corrected chi connectivity index (χ1v) is 4.76. The molecule has 1 rings (SSSR count). The van der Waals surface area contributed by atoms with Crippen LogP contribution >= 0.6 is 0 Å². The summed E-state index contributed by atoms with van der Waals surface area (Å²) in [5.74, 6) is 0.522. The van der Waals surface area contributed by atoms with Gasteiger partial charge in [-0.25, -0.2) is 9.97 Å². The van der Waals surface area contributed by atoms with Gasteiger partial charge < -0.3 is 10.2 Å². The van der Waals surface area contributed by atoms with E-state index in [1.54, 1.807) is 6.07 Å². The molecule has 0 aliphatic rings. The summed E-state index contributed by atoms with van der Waals surface area (Å²) in [5.41, 5.74) is 1.20. The topological polar surface area (TPSA) is 64.8 Å². The van der Waals surface area contributed by atoms with E-state index in [2.05, 4.69) is 20.2 Å². The molecule has 1 aromatic heterocycles. The van der Waals surface area contributed by atoms with Gasteiger partial charge in [0, 0.05) is 18.8 Å². The summed E-state index contributed by atoms with van der Waals surface area (Å²) in [7, 11) is 4.00. The summed E-state index contributed by atoms with van der Waals surface area (Å²) in [6, 6.07) is 3.67. The van der Waals surface area contributed by atoms with Gasteiger partial charge in [-0.05, 0) is 27.1 Å². The molecule has 0 aliphatic heterocycles. The van der Waals surface area contributed by atoms with Crippen LogP contribution in [0.2, 0.25) is 0 Å². The Labute approximate surface area is 89.8 Å². The third kappa shape index (κ3) is 3.92. The lowest BCUT2D eigenvalue weighted by Gasteiger charge is -2.10. The maximum absolute atomic E-state index is 8.72. The van der Waals surface area contributed by atoms with Crippen molar-refractivity contribution >= 4 is 5.95 Å². The molecule has 80 valence electrons. The number of nitrogens with one attached hydrogen (secondary N) is 1. The zero-order chi connectivity index (χ0) is 11.3. The number of aryl methyl sites for hydroxylation is 1. The molecule has 0 radical (unpaired) electrons. The van der Waals surface area contributed by atoms with Gasteiger partial charge in [0.05, 0.1) is 0 Å². The van der Waals surface area contributed by atoms with Crippen LogP contribution in [0.3, 0.4) is 0 Å². The second kappa shape index (κ2) is 5.27. The van der Waals surface area contributed by atoms with Gasteiger partial charge in [0.25, 0.3) is 0 Å². The summed E-state index contributed by atoms with van der Waals surface area (Å²) < 4.78 is 0. The van der Waals surface area contributed by atoms with E-state index in [4.69, 9.17) is 5.26 Å². The third-order valence-corrected chi connectivity index (χ3v) is 1.81. The molecule has 1 N–H and O–H groups in total. The summed E-state index contributed by atoms with van der Waals surface area (Å²) in [5, 5.41) is 11.8. The highest BCUT2D eigenvalue weighted by Crippen LogP contribution is 2.03. The second-order valence-corrected chi connectivity index (χ2v) is 3.56. The standard InChI is InChI=1S/C10H15N5/c1-8-6-9(7-11)14-10(13-8)12-4-5-15(2)3/h6H,4-5H2,1-3H3,(H,12,13,14). The molecule has 0 bridgehead atoms. The van der Waals surface area contributed by atoms with Crippen LogP contribution in [0.4, 0.5) is 5.95 Å². The molecule has 0 atom stereocenters. The SMILES string of the molecule is Cc1cc(C#N)nc(NCCN(C)C)n1. The fourth-order valence-electron chi connectivity index (χ4n) is 1.10. The van der Waals surface area contributed by atoms with E-state index in [-0.39, 0.29) is 0 Å². The Morgan fingerprint density at radius 2 is 2.20 bits per heavy atom. The highest BCUT2D eigenvalue weighted by molar-refractivity contribution is 5.32. The van der Waals surface area contributed by atoms with E-state index in [9.17, 15) is 0 Å². The summed E-state index contributed by atoms with van der Waals surface area (Å²) >= 11 is 0. The molecular formula is C10H15N5. The van der Waals surface area contributed by atoms with Crippen LogP contribution in [0, 0.1) is 18.3 Å². The molecule has 0 amide bonds. The van der Waals surface area contributed by atoms with Crippen molar-refractivity contribution < 1.29 is 0 Å². The van der Waals surface area contributed by atoms with E-state index < -0.39 is 0 Å². The van der Waals surface area contributed by atoms with Crippen molar-refractivity contribution in [3.8, 4) is 6.07 Å². The minimum atomic E-state index is 0.398. The van der Waals surface area contributed by atoms with Crippen LogP contribution < -0.4 is 5.32 Å². The first kappa shape index (κ1) is 11.4. The number of rotatable bonds is 4. The molecule has 0 saturated carbocycles. The molecule has 1 heterocycles. The first-order chi connectivity index (χ1) is 7.11. The van der Waals surface area contributed by atoms with Gasteiger partial charge in [0.2, 0.25) is 5.95 Å². The van der Waals surface area contributed by atoms with Gasteiger partial charge in [-0.2, -0.15) is 5.26 Å². The Kier molecular flexibility index (Phi) is 4.01. The number of aromatic nitrogens is 2. The van der Waals surface area contributed by atoms with E-state index in [0.717, 1.165) is 18.8 Å². The molecular weight excluding hydrogens is 190 g/mol. The van der Waals surface area contributed by atoms with Crippen molar-refractivity contribution in [1.82, 2.24) is 14.9 Å². The molecule has 0 fully saturated rings. The lowest BCUT2D eigenvalue weighted by atomic mass is 10.3. The Morgan fingerprint density at radius 1 is 1.47 bits per heavy atom. The number of hydrogen-bond acceptors (Lipinski definition) is 5. The number of anilines is 1. The molecule has 5 nitrogen and oxygen atoms in total. The lowest BCUT2D eigenvalue weighted by molar-refractivity contribution is 0.425. The van der Waals surface area contributed by atoms with Crippen molar-refractivity contribution in [1.29, 1.82) is 5.26 Å². The molecule has 0 spiro atoms. The van der Waals surface area contributed by atoms with E-state index >= 15 is 0 Å². The van der Waals surface area contributed by atoms with Crippen molar-refractivity contribution in [3.05, 3.63) is 17.5 Å². The minimum Gasteiger partial charge on any atom is -0.353 e. The molecule has 0 unspecified atom stereocenters. The number of likely N-dealkylation sites (N-methyl/N-ethyl adjacent to an activating group) is 1. The second-order valence-electron chi connectivity index (χ2n) is 3.56. The van der Waals surface area contributed by atoms with E-state index in [0.29, 0.717) is 11.6 Å². The minimum absolute atomic E-state index is 0.398. The normalized spacial score (nSPS) is 10.1. The number of nitrogens with zero attached hydrogens (tertiary/aromatic N) is 4. The maximum atomic E-state index is 8.72. The van der Waals surface area contributed by atoms with Gasteiger partial charge in [-0.1, -0.05) is 0 Å². The third-order valence-electron chi connectivity index (χ3n) is 1.81. The van der Waals surface area contributed by atoms with Crippen molar-refractivity contribution in [2.24, 2.45) is 0 Å². The molecule has 0 aliphatic carbocycles. The summed E-state index contributed by atoms with van der Waals surface area (Å²) in [6.07, 6.45) is 0. The largest absolute Gasteiger partial charge is 0.353 e. The van der Waals surface area contributed by atoms with Crippen LogP contribution in [0.25, 0.3) is 0 Å². The van der Waals surface area contributed by atoms with Crippen LogP contribution in [0.5, 0.6) is 0 Å². The molecule has 0 saturated heterocycles. The Bertz CT molecular complexity index is 367. The highest BCUT2D eigenvalue weighted by Gasteiger charge is 2.00. The first-order valence-electron chi connectivity index (χ1n) is 4.76. The zero-order valence-electron chi connectivity index (χ0n) is 9.28. The predicted molar refractivity (Wildman–Crippen MR) is 58.5 cm³/mol. The molecule has 5 heteroatoms. The Balaban J connectivity index is 2.61. The smallest absolute Gasteiger partial charge is 0.224 e. The van der Waals surface area contributed by atoms with Crippen LogP contribution in [-0.4, -0.2) is 42.1 Å². The molecule has 1 aromatic rings. The van der Waals surface area contributed by atoms with Gasteiger partial charge in [0.15, 0.2) is 0 Å². The molecule has 15 heavy (non-hydrogen) atoms. The van der Waals surface area contributed by atoms with E-state index in [1.165, 1.54) is 0 Å². The van der Waals surface area contributed by atoms with Gasteiger partial charge in [0.1, 0.15) is 11.8 Å². The monoisotopic (exact) mass is 205 g/mol. The van der Waals surface area contributed by atoms with E-state index in [1.807, 2.05) is 27.1 Å². The lowest BCUT2D eigenvalue weighted by Crippen LogP contribution is -2.21. The predicted octanol–water partition coefficient (Wildman–Crippen LogP) is 0.630. The summed E-state index contributed by atoms with van der Waals surface area (Å²) in [6.45, 7) is 3.51. The van der Waals surface area contributed by atoms with Gasteiger partial charge in [-0.3, -0.25) is 0 Å². The average molecular weight is 205 g/mol. The average Bonchev–Trinajstić information content (AvgIpc) is 2.16. The zero-order valence-corrected chi connectivity index (χ0v) is 9.28.